The first-order chi connectivity index (χ1) is 9.36. The fourth-order valence-electron chi connectivity index (χ4n) is 1.79. The van der Waals surface area contributed by atoms with Gasteiger partial charge in [0.05, 0.1) is 11.4 Å². The first-order valence-electron chi connectivity index (χ1n) is 5.57. The molecular weight excluding hydrogens is 294 g/mol. The van der Waals surface area contributed by atoms with Gasteiger partial charge in [-0.05, 0) is 13.0 Å². The number of nitrogens with zero attached hydrogens (tertiary/aromatic N) is 2. The first kappa shape index (κ1) is 14.4. The van der Waals surface area contributed by atoms with Crippen molar-refractivity contribution in [1.82, 2.24) is 9.55 Å². The molecule has 106 valence electrons. The van der Waals surface area contributed by atoms with Crippen molar-refractivity contribution in [2.45, 2.75) is 13.0 Å². The molecule has 0 spiro atoms. The third kappa shape index (κ3) is 2.24. The van der Waals surface area contributed by atoms with Crippen LogP contribution in [0.3, 0.4) is 0 Å². The minimum atomic E-state index is -1.48. The van der Waals surface area contributed by atoms with E-state index in [9.17, 15) is 18.4 Å². The van der Waals surface area contributed by atoms with Crippen molar-refractivity contribution in [3.05, 3.63) is 39.0 Å². The number of alkyl halides is 1. The lowest BCUT2D eigenvalue weighted by Gasteiger charge is -2.16. The van der Waals surface area contributed by atoms with Gasteiger partial charge in [-0.2, -0.15) is 0 Å². The summed E-state index contributed by atoms with van der Waals surface area (Å²) in [5, 5.41) is 8.25. The first-order valence-corrected chi connectivity index (χ1v) is 5.94. The van der Waals surface area contributed by atoms with E-state index in [1.807, 2.05) is 0 Å². The van der Waals surface area contributed by atoms with Crippen LogP contribution in [0.4, 0.5) is 8.78 Å². The Bertz CT molecular complexity index is 760. The van der Waals surface area contributed by atoms with Crippen molar-refractivity contribution in [2.75, 3.05) is 6.67 Å². The van der Waals surface area contributed by atoms with Crippen molar-refractivity contribution >= 4 is 28.6 Å². The maximum atomic E-state index is 13.4. The lowest BCUT2D eigenvalue weighted by atomic mass is 10.1. The molecule has 0 amide bonds. The number of aromatic nitrogens is 2. The molecule has 0 aliphatic rings. The summed E-state index contributed by atoms with van der Waals surface area (Å²) >= 11 is 5.55. The van der Waals surface area contributed by atoms with Crippen LogP contribution in [0, 0.1) is 5.82 Å². The Morgan fingerprint density at radius 2 is 2.25 bits per heavy atom. The Labute approximate surface area is 116 Å². The highest BCUT2D eigenvalue weighted by Gasteiger charge is 2.19. The molecule has 0 saturated heterocycles. The number of carboxylic acid groups (broad SMARTS) is 1. The number of carboxylic acids is 1. The second-order valence-electron chi connectivity index (χ2n) is 4.22. The highest BCUT2D eigenvalue weighted by atomic mass is 35.5. The van der Waals surface area contributed by atoms with Gasteiger partial charge in [0.2, 0.25) is 5.43 Å². The van der Waals surface area contributed by atoms with Gasteiger partial charge in [0.25, 0.3) is 0 Å². The number of fused-ring (bicyclic) bond motifs is 1. The Balaban J connectivity index is 2.97. The van der Waals surface area contributed by atoms with Crippen LogP contribution in [-0.2, 0) is 0 Å². The van der Waals surface area contributed by atoms with Gasteiger partial charge < -0.3 is 9.67 Å². The molecule has 8 heteroatoms. The number of pyridine rings is 2. The van der Waals surface area contributed by atoms with E-state index in [2.05, 4.69) is 4.98 Å². The molecular formula is C12H9ClF2N2O3. The zero-order chi connectivity index (χ0) is 15.0. The van der Waals surface area contributed by atoms with Crippen LogP contribution in [0.1, 0.15) is 23.3 Å². The largest absolute Gasteiger partial charge is 0.477 e. The fraction of sp³-hybridized carbons (Fsp3) is 0.250. The predicted octanol–water partition coefficient (Wildman–Crippen LogP) is 2.42. The lowest BCUT2D eigenvalue weighted by molar-refractivity contribution is 0.0694. The summed E-state index contributed by atoms with van der Waals surface area (Å²) in [6.45, 7) is 0.655. The number of aromatic carboxylic acids is 1. The molecule has 0 aromatic carbocycles. The Morgan fingerprint density at radius 1 is 1.60 bits per heavy atom. The van der Waals surface area contributed by atoms with E-state index in [0.717, 1.165) is 16.8 Å². The van der Waals surface area contributed by atoms with E-state index in [0.29, 0.717) is 0 Å². The van der Waals surface area contributed by atoms with Crippen molar-refractivity contribution in [3.8, 4) is 0 Å². The summed E-state index contributed by atoms with van der Waals surface area (Å²) in [5.74, 6) is -2.43. The standard InChI is InChI=1S/C12H9ClF2N2O3/c1-5(3-14)17-4-7(12(19)20)9(18)6-2-8(15)10(13)16-11(6)17/h2,4-5H,3H2,1H3,(H,19,20)/t5-/m0/s1. The zero-order valence-corrected chi connectivity index (χ0v) is 11.0. The predicted molar refractivity (Wildman–Crippen MR) is 68.6 cm³/mol. The Kier molecular flexibility index (Phi) is 3.71. The Morgan fingerprint density at radius 3 is 2.80 bits per heavy atom. The molecule has 0 fully saturated rings. The average Bonchev–Trinajstić information content (AvgIpc) is 2.40. The van der Waals surface area contributed by atoms with Crippen molar-refractivity contribution in [2.24, 2.45) is 0 Å². The van der Waals surface area contributed by atoms with Gasteiger partial charge in [0.15, 0.2) is 11.0 Å². The summed E-state index contributed by atoms with van der Waals surface area (Å²) in [6.07, 6.45) is 0.985. The van der Waals surface area contributed by atoms with Gasteiger partial charge in [-0.3, -0.25) is 4.79 Å². The summed E-state index contributed by atoms with van der Waals surface area (Å²) in [4.78, 5) is 26.7. The third-order valence-corrected chi connectivity index (χ3v) is 3.11. The molecule has 2 aromatic rings. The number of rotatable bonds is 3. The van der Waals surface area contributed by atoms with Gasteiger partial charge in [-0.15, -0.1) is 0 Å². The molecule has 20 heavy (non-hydrogen) atoms. The van der Waals surface area contributed by atoms with Gasteiger partial charge in [-0.1, -0.05) is 11.6 Å². The van der Waals surface area contributed by atoms with E-state index < -0.39 is 40.6 Å². The molecule has 0 aliphatic heterocycles. The molecule has 2 rings (SSSR count). The van der Waals surface area contributed by atoms with Crippen molar-refractivity contribution in [1.29, 1.82) is 0 Å². The second kappa shape index (κ2) is 5.16. The maximum Gasteiger partial charge on any atom is 0.341 e. The minimum absolute atomic E-state index is 0.0587. The quantitative estimate of drug-likeness (QED) is 0.884. The molecule has 0 aliphatic carbocycles. The topological polar surface area (TPSA) is 72.2 Å². The lowest BCUT2D eigenvalue weighted by Crippen LogP contribution is -2.22. The molecule has 2 aromatic heterocycles. The van der Waals surface area contributed by atoms with Crippen LogP contribution >= 0.6 is 11.6 Å². The molecule has 1 atom stereocenters. The van der Waals surface area contributed by atoms with E-state index in [1.54, 1.807) is 0 Å². The monoisotopic (exact) mass is 302 g/mol. The highest BCUT2D eigenvalue weighted by Crippen LogP contribution is 2.20. The normalized spacial score (nSPS) is 12.6. The molecule has 2 heterocycles. The van der Waals surface area contributed by atoms with Crippen LogP contribution in [-0.4, -0.2) is 27.3 Å². The molecule has 0 radical (unpaired) electrons. The van der Waals surface area contributed by atoms with Crippen LogP contribution in [0.2, 0.25) is 5.15 Å². The summed E-state index contributed by atoms with van der Waals surface area (Å²) in [7, 11) is 0. The van der Waals surface area contributed by atoms with Gasteiger partial charge >= 0.3 is 5.97 Å². The molecule has 0 saturated carbocycles. The van der Waals surface area contributed by atoms with Crippen LogP contribution in [0.15, 0.2) is 17.1 Å². The molecule has 0 unspecified atom stereocenters. The van der Waals surface area contributed by atoms with E-state index in [1.165, 1.54) is 6.92 Å². The number of halogens is 3. The minimum Gasteiger partial charge on any atom is -0.477 e. The maximum absolute atomic E-state index is 13.4. The second-order valence-corrected chi connectivity index (χ2v) is 4.58. The van der Waals surface area contributed by atoms with E-state index >= 15 is 0 Å². The smallest absolute Gasteiger partial charge is 0.341 e. The van der Waals surface area contributed by atoms with Crippen LogP contribution in [0.25, 0.3) is 11.0 Å². The number of hydrogen-bond donors (Lipinski definition) is 1. The number of carbonyl (C=O) groups is 1. The molecule has 5 nitrogen and oxygen atoms in total. The fourth-order valence-corrected chi connectivity index (χ4v) is 1.92. The summed E-state index contributed by atoms with van der Waals surface area (Å²) in [6, 6.07) is 0.0335. The van der Waals surface area contributed by atoms with Gasteiger partial charge in [0.1, 0.15) is 17.9 Å². The van der Waals surface area contributed by atoms with E-state index in [-0.39, 0.29) is 11.0 Å². The Hall–Kier alpha value is -2.02. The summed E-state index contributed by atoms with van der Waals surface area (Å²) in [5.41, 5.74) is -1.53. The highest BCUT2D eigenvalue weighted by molar-refractivity contribution is 6.29. The van der Waals surface area contributed by atoms with E-state index in [4.69, 9.17) is 16.7 Å². The average molecular weight is 303 g/mol. The zero-order valence-electron chi connectivity index (χ0n) is 10.2. The molecule has 0 bridgehead atoms. The SMILES string of the molecule is C[C@@H](CF)n1cc(C(=O)O)c(=O)c2cc(F)c(Cl)nc21. The van der Waals surface area contributed by atoms with Crippen LogP contribution < -0.4 is 5.43 Å². The summed E-state index contributed by atoms with van der Waals surface area (Å²) < 4.78 is 27.4. The van der Waals surface area contributed by atoms with Crippen LogP contribution in [0.5, 0.6) is 0 Å². The van der Waals surface area contributed by atoms with Crippen molar-refractivity contribution in [3.63, 3.8) is 0 Å². The third-order valence-electron chi connectivity index (χ3n) is 2.84. The molecule has 1 N–H and O–H groups in total. The van der Waals surface area contributed by atoms with Gasteiger partial charge in [0, 0.05) is 6.20 Å². The van der Waals surface area contributed by atoms with Crippen molar-refractivity contribution < 1.29 is 18.7 Å². The number of hydrogen-bond acceptors (Lipinski definition) is 3. The van der Waals surface area contributed by atoms with Gasteiger partial charge in [-0.25, -0.2) is 18.6 Å².